The minimum absolute atomic E-state index is 0.0121. The molecular formula is C18H21N3O3. The molecule has 0 radical (unpaired) electrons. The Kier molecular flexibility index (Phi) is 4.38. The molecule has 0 bridgehead atoms. The fourth-order valence-electron chi connectivity index (χ4n) is 3.32. The number of aryl methyl sites for hydroxylation is 1. The molecule has 1 heterocycles. The zero-order valence-electron chi connectivity index (χ0n) is 13.6. The number of hydrogen-bond donors (Lipinski definition) is 3. The lowest BCUT2D eigenvalue weighted by Gasteiger charge is -2.19. The second-order valence-electron chi connectivity index (χ2n) is 6.53. The molecule has 0 aromatic heterocycles. The van der Waals surface area contributed by atoms with E-state index in [9.17, 15) is 14.4 Å². The van der Waals surface area contributed by atoms with Crippen LogP contribution in [0, 0.1) is 6.92 Å². The number of allylic oxidation sites excluding steroid dienone is 1. The molecule has 2 aliphatic rings. The Hall–Kier alpha value is -2.63. The summed E-state index contributed by atoms with van der Waals surface area (Å²) in [6.07, 6.45) is 2.39. The van der Waals surface area contributed by atoms with Crippen molar-refractivity contribution in [2.75, 3.05) is 0 Å². The Morgan fingerprint density at radius 1 is 1.21 bits per heavy atom. The average Bonchev–Trinajstić information content (AvgIpc) is 3.00. The molecule has 24 heavy (non-hydrogen) atoms. The molecule has 1 aliphatic carbocycles. The number of ketones is 1. The molecular weight excluding hydrogens is 306 g/mol. The van der Waals surface area contributed by atoms with E-state index >= 15 is 0 Å². The molecule has 3 rings (SSSR count). The number of rotatable bonds is 3. The highest BCUT2D eigenvalue weighted by Gasteiger charge is 2.31. The molecule has 4 N–H and O–H groups in total. The number of carbonyl (C=O) groups excluding carboxylic acids is 3. The first-order valence-electron chi connectivity index (χ1n) is 8.14. The topological polar surface area (TPSA) is 101 Å². The third kappa shape index (κ3) is 3.32. The quantitative estimate of drug-likeness (QED) is 0.721. The summed E-state index contributed by atoms with van der Waals surface area (Å²) in [7, 11) is 0. The molecule has 6 nitrogen and oxygen atoms in total. The van der Waals surface area contributed by atoms with E-state index in [-0.39, 0.29) is 23.9 Å². The van der Waals surface area contributed by atoms with Crippen LogP contribution in [0.4, 0.5) is 0 Å². The summed E-state index contributed by atoms with van der Waals surface area (Å²) >= 11 is 0. The molecule has 1 aromatic carbocycles. The van der Waals surface area contributed by atoms with Gasteiger partial charge in [0, 0.05) is 6.04 Å². The number of hydrogen-bond acceptors (Lipinski definition) is 4. The van der Waals surface area contributed by atoms with Gasteiger partial charge in [-0.25, -0.2) is 0 Å². The summed E-state index contributed by atoms with van der Waals surface area (Å²) in [4.78, 5) is 35.4. The van der Waals surface area contributed by atoms with Gasteiger partial charge in [0.15, 0.2) is 5.78 Å². The van der Waals surface area contributed by atoms with Gasteiger partial charge < -0.3 is 16.4 Å². The van der Waals surface area contributed by atoms with E-state index in [0.29, 0.717) is 5.92 Å². The van der Waals surface area contributed by atoms with Gasteiger partial charge in [0.2, 0.25) is 5.91 Å². The van der Waals surface area contributed by atoms with E-state index in [1.54, 1.807) is 0 Å². The van der Waals surface area contributed by atoms with Crippen molar-refractivity contribution >= 4 is 17.6 Å². The minimum atomic E-state index is -0.507. The van der Waals surface area contributed by atoms with Crippen LogP contribution in [-0.2, 0) is 14.4 Å². The van der Waals surface area contributed by atoms with Crippen LogP contribution in [0.15, 0.2) is 35.7 Å². The largest absolute Gasteiger partial charge is 0.394 e. The lowest BCUT2D eigenvalue weighted by Crippen LogP contribution is -2.45. The summed E-state index contributed by atoms with van der Waals surface area (Å²) in [5, 5.41) is 5.29. The fraction of sp³-hybridized carbons (Fsp3) is 0.389. The number of benzene rings is 1. The Balaban J connectivity index is 1.64. The van der Waals surface area contributed by atoms with Gasteiger partial charge in [-0.3, -0.25) is 14.4 Å². The fourth-order valence-corrected chi connectivity index (χ4v) is 3.32. The molecule has 0 saturated heterocycles. The number of nitrogens with two attached hydrogens (primary N) is 1. The Morgan fingerprint density at radius 3 is 2.62 bits per heavy atom. The van der Waals surface area contributed by atoms with Crippen molar-refractivity contribution in [3.8, 4) is 0 Å². The molecule has 6 heteroatoms. The number of nitrogens with one attached hydrogen (secondary N) is 2. The molecule has 1 fully saturated rings. The van der Waals surface area contributed by atoms with Gasteiger partial charge >= 0.3 is 0 Å². The predicted molar refractivity (Wildman–Crippen MR) is 88.7 cm³/mol. The van der Waals surface area contributed by atoms with E-state index in [4.69, 9.17) is 5.73 Å². The van der Waals surface area contributed by atoms with E-state index < -0.39 is 17.6 Å². The monoisotopic (exact) mass is 327 g/mol. The van der Waals surface area contributed by atoms with Crippen LogP contribution in [-0.4, -0.2) is 23.6 Å². The second-order valence-corrected chi connectivity index (χ2v) is 6.53. The predicted octanol–water partition coefficient (Wildman–Crippen LogP) is 1.01. The van der Waals surface area contributed by atoms with E-state index in [2.05, 4.69) is 41.8 Å². The molecule has 0 spiro atoms. The summed E-state index contributed by atoms with van der Waals surface area (Å²) in [6.45, 7) is 2.05. The van der Waals surface area contributed by atoms with Crippen molar-refractivity contribution in [3.05, 3.63) is 46.8 Å². The lowest BCUT2D eigenvalue weighted by atomic mass is 9.96. The first-order chi connectivity index (χ1) is 11.4. The van der Waals surface area contributed by atoms with E-state index in [0.717, 1.165) is 19.3 Å². The second kappa shape index (κ2) is 6.47. The van der Waals surface area contributed by atoms with Crippen LogP contribution < -0.4 is 16.4 Å². The van der Waals surface area contributed by atoms with Crippen molar-refractivity contribution in [2.24, 2.45) is 5.73 Å². The first-order valence-corrected chi connectivity index (χ1v) is 8.14. The maximum atomic E-state index is 12.3. The smallest absolute Gasteiger partial charge is 0.270 e. The van der Waals surface area contributed by atoms with Crippen molar-refractivity contribution in [3.63, 3.8) is 0 Å². The molecule has 126 valence electrons. The Labute approximate surface area is 140 Å². The SMILES string of the molecule is Cc1ccc(C2CCC(NC(=O)C3=C(N)C(=O)CC(=O)N3)C2)cc1. The summed E-state index contributed by atoms with van der Waals surface area (Å²) in [6, 6.07) is 8.46. The van der Waals surface area contributed by atoms with Crippen LogP contribution in [0.25, 0.3) is 0 Å². The lowest BCUT2D eigenvalue weighted by molar-refractivity contribution is -0.129. The highest BCUT2D eigenvalue weighted by atomic mass is 16.2. The standard InChI is InChI=1S/C18H21N3O3/c1-10-2-4-11(5-3-10)12-6-7-13(8-12)20-18(24)17-16(19)14(22)9-15(23)21-17/h2-5,12-13H,6-9,19H2,1H3,(H,20,24)(H,21,23). The zero-order valence-corrected chi connectivity index (χ0v) is 13.6. The van der Waals surface area contributed by atoms with Gasteiger partial charge in [0.25, 0.3) is 5.91 Å². The summed E-state index contributed by atoms with van der Waals surface area (Å²) < 4.78 is 0. The molecule has 1 aliphatic heterocycles. The van der Waals surface area contributed by atoms with Crippen LogP contribution in [0.3, 0.4) is 0 Å². The Morgan fingerprint density at radius 2 is 1.92 bits per heavy atom. The minimum Gasteiger partial charge on any atom is -0.394 e. The zero-order chi connectivity index (χ0) is 17.3. The van der Waals surface area contributed by atoms with Crippen molar-refractivity contribution in [1.82, 2.24) is 10.6 Å². The molecule has 2 unspecified atom stereocenters. The maximum Gasteiger partial charge on any atom is 0.270 e. The highest BCUT2D eigenvalue weighted by molar-refractivity contribution is 6.16. The highest BCUT2D eigenvalue weighted by Crippen LogP contribution is 2.34. The van der Waals surface area contributed by atoms with Crippen molar-refractivity contribution < 1.29 is 14.4 Å². The normalized spacial score (nSPS) is 24.0. The van der Waals surface area contributed by atoms with Gasteiger partial charge in [-0.2, -0.15) is 0 Å². The van der Waals surface area contributed by atoms with Crippen molar-refractivity contribution in [1.29, 1.82) is 0 Å². The van der Waals surface area contributed by atoms with Crippen LogP contribution in [0.5, 0.6) is 0 Å². The van der Waals surface area contributed by atoms with Gasteiger partial charge in [0.05, 0.1) is 6.42 Å². The number of amides is 2. The van der Waals surface area contributed by atoms with E-state index in [1.165, 1.54) is 11.1 Å². The van der Waals surface area contributed by atoms with Crippen LogP contribution in [0.2, 0.25) is 0 Å². The third-order valence-electron chi connectivity index (χ3n) is 4.70. The van der Waals surface area contributed by atoms with Gasteiger partial charge in [-0.05, 0) is 37.7 Å². The summed E-state index contributed by atoms with van der Waals surface area (Å²) in [5.41, 5.74) is 7.86. The number of carbonyl (C=O) groups is 3. The average molecular weight is 327 g/mol. The van der Waals surface area contributed by atoms with Gasteiger partial charge in [-0.15, -0.1) is 0 Å². The number of Topliss-reactive ketones (excluding diaryl/α,β-unsaturated/α-hetero) is 1. The van der Waals surface area contributed by atoms with Gasteiger partial charge in [-0.1, -0.05) is 29.8 Å². The molecule has 2 atom stereocenters. The Bertz CT molecular complexity index is 722. The maximum absolute atomic E-state index is 12.3. The summed E-state index contributed by atoms with van der Waals surface area (Å²) in [5.74, 6) is -1.08. The van der Waals surface area contributed by atoms with Crippen molar-refractivity contribution in [2.45, 2.75) is 44.6 Å². The molecule has 2 amide bonds. The first kappa shape index (κ1) is 16.2. The van der Waals surface area contributed by atoms with Crippen LogP contribution >= 0.6 is 0 Å². The van der Waals surface area contributed by atoms with E-state index in [1.807, 2.05) is 0 Å². The van der Waals surface area contributed by atoms with Crippen LogP contribution in [0.1, 0.15) is 42.7 Å². The molecule has 1 saturated carbocycles. The van der Waals surface area contributed by atoms with Gasteiger partial charge in [0.1, 0.15) is 11.4 Å². The molecule has 1 aromatic rings. The third-order valence-corrected chi connectivity index (χ3v) is 4.70.